The van der Waals surface area contributed by atoms with Crippen LogP contribution >= 0.6 is 11.3 Å². The Morgan fingerprint density at radius 3 is 2.66 bits per heavy atom. The zero-order valence-corrected chi connectivity index (χ0v) is 19.8. The molecule has 5 rings (SSSR count). The number of nitrogens with one attached hydrogen (secondary N) is 2. The lowest BCUT2D eigenvalue weighted by Crippen LogP contribution is -2.21. The van der Waals surface area contributed by atoms with E-state index in [0.29, 0.717) is 34.1 Å². The number of fused-ring (bicyclic) bond motifs is 1. The predicted molar refractivity (Wildman–Crippen MR) is 133 cm³/mol. The maximum Gasteiger partial charge on any atom is 0.261 e. The Balaban J connectivity index is 1.26. The van der Waals surface area contributed by atoms with Crippen LogP contribution in [0.5, 0.6) is 0 Å². The van der Waals surface area contributed by atoms with E-state index in [2.05, 4.69) is 20.8 Å². The molecule has 1 aliphatic rings. The molecule has 7 nitrogen and oxygen atoms in total. The number of hydrogen-bond donors (Lipinski definition) is 2. The zero-order chi connectivity index (χ0) is 24.2. The Hall–Kier alpha value is -3.85. The summed E-state index contributed by atoms with van der Waals surface area (Å²) in [7, 11) is 0. The molecule has 9 heteroatoms. The number of carbonyl (C=O) groups is 2. The number of thiophene rings is 1. The predicted octanol–water partition coefficient (Wildman–Crippen LogP) is 5.05. The largest absolute Gasteiger partial charge is 0.347 e. The third-order valence-electron chi connectivity index (χ3n) is 5.99. The quantitative estimate of drug-likeness (QED) is 0.397. The van der Waals surface area contributed by atoms with Gasteiger partial charge in [0.1, 0.15) is 11.6 Å². The molecule has 0 fully saturated rings. The van der Waals surface area contributed by atoms with E-state index < -0.39 is 5.82 Å². The highest BCUT2D eigenvalue weighted by atomic mass is 32.1. The number of halogens is 1. The molecule has 0 aliphatic carbocycles. The standard InChI is InChI=1S/C26H24FN5O2S/c27-21-12-11-19(15-20(21)24-31-30-23-6-2-1-3-13-32(23)24)29-25(33)18-9-7-17(8-10-18)16-28-26(34)22-5-4-14-35-22/h4-5,7-12,14-15H,1-3,6,13,16H2,(H,28,34)(H,29,33). The molecule has 3 heterocycles. The van der Waals surface area contributed by atoms with Crippen molar-refractivity contribution in [1.29, 1.82) is 0 Å². The van der Waals surface area contributed by atoms with Crippen LogP contribution in [-0.4, -0.2) is 26.6 Å². The van der Waals surface area contributed by atoms with E-state index in [4.69, 9.17) is 0 Å². The SMILES string of the molecule is O=C(Nc1ccc(F)c(-c2nnc3n2CCCCC3)c1)c1ccc(CNC(=O)c2cccs2)cc1. The summed E-state index contributed by atoms with van der Waals surface area (Å²) < 4.78 is 16.7. The lowest BCUT2D eigenvalue weighted by atomic mass is 10.1. The fourth-order valence-electron chi connectivity index (χ4n) is 4.11. The molecule has 2 aromatic heterocycles. The molecule has 0 bridgehead atoms. The van der Waals surface area contributed by atoms with Gasteiger partial charge in [0.25, 0.3) is 11.8 Å². The van der Waals surface area contributed by atoms with Gasteiger partial charge in [-0.25, -0.2) is 4.39 Å². The first-order valence-corrected chi connectivity index (χ1v) is 12.4. The number of amides is 2. The van der Waals surface area contributed by atoms with Crippen molar-refractivity contribution in [3.8, 4) is 11.4 Å². The highest BCUT2D eigenvalue weighted by molar-refractivity contribution is 7.12. The van der Waals surface area contributed by atoms with Gasteiger partial charge in [0.2, 0.25) is 0 Å². The summed E-state index contributed by atoms with van der Waals surface area (Å²) in [5.74, 6) is 0.522. The molecule has 2 aromatic carbocycles. The van der Waals surface area contributed by atoms with Crippen molar-refractivity contribution in [2.24, 2.45) is 0 Å². The molecule has 0 saturated heterocycles. The summed E-state index contributed by atoms with van der Waals surface area (Å²) >= 11 is 1.38. The summed E-state index contributed by atoms with van der Waals surface area (Å²) in [4.78, 5) is 25.5. The fraction of sp³-hybridized carbons (Fsp3) is 0.231. The van der Waals surface area contributed by atoms with Crippen molar-refractivity contribution >= 4 is 28.8 Å². The maximum absolute atomic E-state index is 14.7. The first kappa shape index (κ1) is 22.9. The van der Waals surface area contributed by atoms with Crippen LogP contribution in [0.1, 0.15) is 50.7 Å². The van der Waals surface area contributed by atoms with Gasteiger partial charge in [-0.05, 0) is 60.2 Å². The van der Waals surface area contributed by atoms with E-state index in [1.54, 1.807) is 36.4 Å². The van der Waals surface area contributed by atoms with E-state index in [1.165, 1.54) is 23.5 Å². The number of aromatic nitrogens is 3. The van der Waals surface area contributed by atoms with Crippen LogP contribution < -0.4 is 10.6 Å². The van der Waals surface area contributed by atoms with Gasteiger partial charge in [-0.3, -0.25) is 9.59 Å². The molecule has 2 N–H and O–H groups in total. The monoisotopic (exact) mass is 489 g/mol. The van der Waals surface area contributed by atoms with Gasteiger partial charge in [0, 0.05) is 30.8 Å². The third kappa shape index (κ3) is 5.14. The smallest absolute Gasteiger partial charge is 0.261 e. The van der Waals surface area contributed by atoms with Crippen LogP contribution in [0.2, 0.25) is 0 Å². The van der Waals surface area contributed by atoms with Crippen molar-refractivity contribution in [2.45, 2.75) is 38.8 Å². The van der Waals surface area contributed by atoms with Gasteiger partial charge in [0.05, 0.1) is 10.4 Å². The first-order valence-electron chi connectivity index (χ1n) is 11.5. The maximum atomic E-state index is 14.7. The molecule has 178 valence electrons. The Labute approximate surface area is 206 Å². The van der Waals surface area contributed by atoms with Crippen LogP contribution in [0.25, 0.3) is 11.4 Å². The fourth-order valence-corrected chi connectivity index (χ4v) is 4.75. The number of hydrogen-bond acceptors (Lipinski definition) is 5. The Morgan fingerprint density at radius 1 is 1.00 bits per heavy atom. The molecule has 4 aromatic rings. The Morgan fingerprint density at radius 2 is 1.86 bits per heavy atom. The van der Waals surface area contributed by atoms with Gasteiger partial charge >= 0.3 is 0 Å². The summed E-state index contributed by atoms with van der Waals surface area (Å²) in [6.45, 7) is 1.12. The lowest BCUT2D eigenvalue weighted by molar-refractivity contribution is 0.0953. The third-order valence-corrected chi connectivity index (χ3v) is 6.86. The summed E-state index contributed by atoms with van der Waals surface area (Å²) in [5.41, 5.74) is 2.13. The number of benzene rings is 2. The number of anilines is 1. The van der Waals surface area contributed by atoms with Crippen LogP contribution in [0.4, 0.5) is 10.1 Å². The summed E-state index contributed by atoms with van der Waals surface area (Å²) in [5, 5.41) is 16.0. The number of carbonyl (C=O) groups excluding carboxylic acids is 2. The first-order chi connectivity index (χ1) is 17.1. The molecule has 0 spiro atoms. The van der Waals surface area contributed by atoms with E-state index in [-0.39, 0.29) is 11.8 Å². The minimum Gasteiger partial charge on any atom is -0.347 e. The highest BCUT2D eigenvalue weighted by Crippen LogP contribution is 2.27. The zero-order valence-electron chi connectivity index (χ0n) is 19.0. The number of nitrogens with zero attached hydrogens (tertiary/aromatic N) is 3. The van der Waals surface area contributed by atoms with Gasteiger partial charge in [-0.15, -0.1) is 21.5 Å². The van der Waals surface area contributed by atoms with E-state index >= 15 is 0 Å². The van der Waals surface area contributed by atoms with Crippen LogP contribution in [0.15, 0.2) is 60.0 Å². The average molecular weight is 490 g/mol. The molecule has 2 amide bonds. The highest BCUT2D eigenvalue weighted by Gasteiger charge is 2.19. The van der Waals surface area contributed by atoms with Gasteiger partial charge in [-0.2, -0.15) is 0 Å². The minimum atomic E-state index is -0.406. The second-order valence-corrected chi connectivity index (χ2v) is 9.36. The molecule has 0 atom stereocenters. The van der Waals surface area contributed by atoms with Gasteiger partial charge in [-0.1, -0.05) is 24.6 Å². The van der Waals surface area contributed by atoms with E-state index in [1.807, 2.05) is 16.0 Å². The molecule has 0 radical (unpaired) electrons. The van der Waals surface area contributed by atoms with Crippen molar-refractivity contribution in [3.05, 3.63) is 87.6 Å². The Bertz CT molecular complexity index is 1350. The van der Waals surface area contributed by atoms with Crippen molar-refractivity contribution in [2.75, 3.05) is 5.32 Å². The van der Waals surface area contributed by atoms with Crippen LogP contribution in [0.3, 0.4) is 0 Å². The molecule has 1 aliphatic heterocycles. The van der Waals surface area contributed by atoms with E-state index in [9.17, 15) is 14.0 Å². The second-order valence-electron chi connectivity index (χ2n) is 8.41. The topological polar surface area (TPSA) is 88.9 Å². The second kappa shape index (κ2) is 10.2. The average Bonchev–Trinajstić information content (AvgIpc) is 3.49. The normalized spacial score (nSPS) is 13.1. The van der Waals surface area contributed by atoms with E-state index in [0.717, 1.165) is 43.6 Å². The van der Waals surface area contributed by atoms with Crippen LogP contribution in [-0.2, 0) is 19.5 Å². The van der Waals surface area contributed by atoms with Gasteiger partial charge < -0.3 is 15.2 Å². The van der Waals surface area contributed by atoms with Gasteiger partial charge in [0.15, 0.2) is 5.82 Å². The number of aryl methyl sites for hydroxylation is 1. The molecular formula is C26H24FN5O2S. The lowest BCUT2D eigenvalue weighted by Gasteiger charge is -2.11. The van der Waals surface area contributed by atoms with Crippen molar-refractivity contribution in [1.82, 2.24) is 20.1 Å². The summed E-state index contributed by atoms with van der Waals surface area (Å²) in [6.07, 6.45) is 4.00. The van der Waals surface area contributed by atoms with Crippen molar-refractivity contribution in [3.63, 3.8) is 0 Å². The minimum absolute atomic E-state index is 0.126. The molecule has 0 saturated carbocycles. The van der Waals surface area contributed by atoms with Crippen LogP contribution in [0, 0.1) is 5.82 Å². The Kier molecular flexibility index (Phi) is 6.67. The molecule has 0 unspecified atom stereocenters. The summed E-state index contributed by atoms with van der Waals surface area (Å²) in [6, 6.07) is 15.1. The molecule has 35 heavy (non-hydrogen) atoms. The number of rotatable bonds is 6. The molecular weight excluding hydrogens is 465 g/mol. The van der Waals surface area contributed by atoms with Crippen molar-refractivity contribution < 1.29 is 14.0 Å².